The third kappa shape index (κ3) is 12.9. The van der Waals surface area contributed by atoms with Crippen molar-refractivity contribution in [3.05, 3.63) is 42.0 Å². The molecule has 1 rings (SSSR count). The van der Waals surface area contributed by atoms with E-state index < -0.39 is 0 Å². The summed E-state index contributed by atoms with van der Waals surface area (Å²) in [5.74, 6) is 0. The quantitative estimate of drug-likeness (QED) is 0.248. The maximum atomic E-state index is 3.81. The molecule has 0 unspecified atom stereocenters. The zero-order chi connectivity index (χ0) is 18.0. The SMILES string of the molecule is C=Cc1ccc(CCCCCCCCCCCCCCCCC)cc1. The minimum absolute atomic E-state index is 1.22. The smallest absolute Gasteiger partial charge is 0.0262 e. The highest BCUT2D eigenvalue weighted by Crippen LogP contribution is 2.14. The summed E-state index contributed by atoms with van der Waals surface area (Å²) in [5.41, 5.74) is 2.69. The molecule has 0 atom stereocenters. The van der Waals surface area contributed by atoms with Crippen LogP contribution in [0, 0.1) is 0 Å². The summed E-state index contributed by atoms with van der Waals surface area (Å²) < 4.78 is 0. The average molecular weight is 343 g/mol. The van der Waals surface area contributed by atoms with Gasteiger partial charge in [-0.3, -0.25) is 0 Å². The van der Waals surface area contributed by atoms with E-state index in [4.69, 9.17) is 0 Å². The summed E-state index contributed by atoms with van der Waals surface area (Å²) in [7, 11) is 0. The molecule has 0 N–H and O–H groups in total. The first-order chi connectivity index (χ1) is 12.4. The van der Waals surface area contributed by atoms with Gasteiger partial charge in [-0.15, -0.1) is 0 Å². The van der Waals surface area contributed by atoms with Crippen LogP contribution in [0.25, 0.3) is 6.08 Å². The van der Waals surface area contributed by atoms with E-state index in [1.807, 2.05) is 6.08 Å². The molecule has 142 valence electrons. The highest BCUT2D eigenvalue weighted by atomic mass is 14.0. The highest BCUT2D eigenvalue weighted by Gasteiger charge is 1.96. The van der Waals surface area contributed by atoms with Crippen molar-refractivity contribution in [2.75, 3.05) is 0 Å². The van der Waals surface area contributed by atoms with Crippen molar-refractivity contribution in [2.24, 2.45) is 0 Å². The van der Waals surface area contributed by atoms with E-state index in [9.17, 15) is 0 Å². The van der Waals surface area contributed by atoms with E-state index in [0.29, 0.717) is 0 Å². The molecule has 1 aromatic carbocycles. The molecule has 0 radical (unpaired) electrons. The van der Waals surface area contributed by atoms with Crippen LogP contribution in [0.2, 0.25) is 0 Å². The summed E-state index contributed by atoms with van der Waals surface area (Å²) in [6.07, 6.45) is 24.7. The number of benzene rings is 1. The minimum Gasteiger partial charge on any atom is -0.0985 e. The Labute approximate surface area is 158 Å². The van der Waals surface area contributed by atoms with Crippen LogP contribution < -0.4 is 0 Å². The molecule has 0 fully saturated rings. The fourth-order valence-electron chi connectivity index (χ4n) is 3.52. The van der Waals surface area contributed by atoms with E-state index in [1.54, 1.807) is 0 Å². The van der Waals surface area contributed by atoms with Gasteiger partial charge in [0.2, 0.25) is 0 Å². The predicted molar refractivity (Wildman–Crippen MR) is 115 cm³/mol. The normalized spacial score (nSPS) is 10.9. The van der Waals surface area contributed by atoms with Crippen LogP contribution in [0.5, 0.6) is 0 Å². The van der Waals surface area contributed by atoms with E-state index in [1.165, 1.54) is 114 Å². The van der Waals surface area contributed by atoms with Crippen LogP contribution in [0.4, 0.5) is 0 Å². The monoisotopic (exact) mass is 342 g/mol. The molecule has 0 heterocycles. The van der Waals surface area contributed by atoms with Gasteiger partial charge in [0, 0.05) is 0 Å². The highest BCUT2D eigenvalue weighted by molar-refractivity contribution is 5.47. The van der Waals surface area contributed by atoms with Gasteiger partial charge < -0.3 is 0 Å². The van der Waals surface area contributed by atoms with Gasteiger partial charge in [-0.25, -0.2) is 0 Å². The molecule has 0 amide bonds. The van der Waals surface area contributed by atoms with E-state index in [0.717, 1.165) is 0 Å². The number of aryl methyl sites for hydroxylation is 1. The first-order valence-electron chi connectivity index (χ1n) is 11.1. The molecular weight excluding hydrogens is 300 g/mol. The molecule has 0 aromatic heterocycles. The predicted octanol–water partition coefficient (Wildman–Crippen LogP) is 8.74. The molecule has 0 aliphatic heterocycles. The molecule has 0 bridgehead atoms. The molecule has 0 aliphatic rings. The molecule has 0 saturated heterocycles. The molecule has 0 spiro atoms. The lowest BCUT2D eigenvalue weighted by Crippen LogP contribution is -1.87. The number of hydrogen-bond donors (Lipinski definition) is 0. The van der Waals surface area contributed by atoms with Crippen LogP contribution in [0.1, 0.15) is 114 Å². The van der Waals surface area contributed by atoms with Crippen LogP contribution in [-0.2, 0) is 6.42 Å². The average Bonchev–Trinajstić information content (AvgIpc) is 2.65. The standard InChI is InChI=1S/C25H42/c1-3-5-6-7-8-9-10-11-12-13-14-15-16-17-18-19-25-22-20-24(4-2)21-23-25/h4,20-23H,2-3,5-19H2,1H3. The Morgan fingerprint density at radius 3 is 1.40 bits per heavy atom. The lowest BCUT2D eigenvalue weighted by atomic mass is 10.0. The summed E-state index contributed by atoms with van der Waals surface area (Å²) >= 11 is 0. The van der Waals surface area contributed by atoms with Gasteiger partial charge in [0.25, 0.3) is 0 Å². The van der Waals surface area contributed by atoms with E-state index in [-0.39, 0.29) is 0 Å². The zero-order valence-corrected chi connectivity index (χ0v) is 16.9. The van der Waals surface area contributed by atoms with Crippen molar-refractivity contribution in [2.45, 2.75) is 110 Å². The summed E-state index contributed by atoms with van der Waals surface area (Å²) in [5, 5.41) is 0. The van der Waals surface area contributed by atoms with Gasteiger partial charge in [0.05, 0.1) is 0 Å². The van der Waals surface area contributed by atoms with Crippen LogP contribution in [-0.4, -0.2) is 0 Å². The Morgan fingerprint density at radius 1 is 0.600 bits per heavy atom. The Hall–Kier alpha value is -1.04. The van der Waals surface area contributed by atoms with Crippen LogP contribution in [0.3, 0.4) is 0 Å². The van der Waals surface area contributed by atoms with Gasteiger partial charge in [0.1, 0.15) is 0 Å². The first kappa shape index (κ1) is 22.0. The molecule has 0 nitrogen and oxygen atoms in total. The molecule has 1 aromatic rings. The van der Waals surface area contributed by atoms with Crippen molar-refractivity contribution in [3.63, 3.8) is 0 Å². The minimum atomic E-state index is 1.22. The van der Waals surface area contributed by atoms with Crippen LogP contribution >= 0.6 is 0 Å². The number of unbranched alkanes of at least 4 members (excludes halogenated alkanes) is 14. The molecular formula is C25H42. The third-order valence-corrected chi connectivity index (χ3v) is 5.28. The van der Waals surface area contributed by atoms with Gasteiger partial charge >= 0.3 is 0 Å². The molecule has 25 heavy (non-hydrogen) atoms. The second kappa shape index (κ2) is 16.4. The third-order valence-electron chi connectivity index (χ3n) is 5.28. The Kier molecular flexibility index (Phi) is 14.5. The van der Waals surface area contributed by atoms with Gasteiger partial charge in [-0.2, -0.15) is 0 Å². The Morgan fingerprint density at radius 2 is 1.00 bits per heavy atom. The molecule has 0 aliphatic carbocycles. The Bertz CT molecular complexity index is 401. The van der Waals surface area contributed by atoms with Crippen molar-refractivity contribution in [1.29, 1.82) is 0 Å². The van der Waals surface area contributed by atoms with Crippen molar-refractivity contribution in [1.82, 2.24) is 0 Å². The largest absolute Gasteiger partial charge is 0.0985 e. The topological polar surface area (TPSA) is 0 Å². The second-order valence-electron chi connectivity index (χ2n) is 7.65. The van der Waals surface area contributed by atoms with Crippen LogP contribution in [0.15, 0.2) is 30.8 Å². The zero-order valence-electron chi connectivity index (χ0n) is 16.9. The number of hydrogen-bond acceptors (Lipinski definition) is 0. The summed E-state index contributed by atoms with van der Waals surface area (Å²) in [6.45, 7) is 6.10. The van der Waals surface area contributed by atoms with Gasteiger partial charge in [0.15, 0.2) is 0 Å². The lowest BCUT2D eigenvalue weighted by molar-refractivity contribution is 0.532. The van der Waals surface area contributed by atoms with E-state index >= 15 is 0 Å². The first-order valence-corrected chi connectivity index (χ1v) is 11.1. The van der Waals surface area contributed by atoms with Crippen molar-refractivity contribution >= 4 is 6.08 Å². The molecule has 0 saturated carbocycles. The summed E-state index contributed by atoms with van der Waals surface area (Å²) in [4.78, 5) is 0. The number of rotatable bonds is 17. The second-order valence-corrected chi connectivity index (χ2v) is 7.65. The fourth-order valence-corrected chi connectivity index (χ4v) is 3.52. The fraction of sp³-hybridized carbons (Fsp3) is 0.680. The van der Waals surface area contributed by atoms with Crippen molar-refractivity contribution < 1.29 is 0 Å². The molecule has 0 heteroatoms. The lowest BCUT2D eigenvalue weighted by Gasteiger charge is -2.04. The maximum Gasteiger partial charge on any atom is -0.0262 e. The van der Waals surface area contributed by atoms with E-state index in [2.05, 4.69) is 37.8 Å². The van der Waals surface area contributed by atoms with Gasteiger partial charge in [-0.05, 0) is 24.0 Å². The Balaban J connectivity index is 1.79. The summed E-state index contributed by atoms with van der Waals surface area (Å²) in [6, 6.07) is 8.85. The van der Waals surface area contributed by atoms with Crippen molar-refractivity contribution in [3.8, 4) is 0 Å². The maximum absolute atomic E-state index is 3.81. The van der Waals surface area contributed by atoms with Gasteiger partial charge in [-0.1, -0.05) is 134 Å².